The Balaban J connectivity index is 1.88. The molecular formula is C15H12BNO2. The van der Waals surface area contributed by atoms with Crippen LogP contribution in [0.3, 0.4) is 0 Å². The second-order valence-corrected chi connectivity index (χ2v) is 4.53. The number of benzene rings is 2. The first-order valence-electron chi connectivity index (χ1n) is 6.16. The van der Waals surface area contributed by atoms with E-state index in [1.165, 1.54) is 11.0 Å². The van der Waals surface area contributed by atoms with E-state index in [-0.39, 0.29) is 6.92 Å². The van der Waals surface area contributed by atoms with Gasteiger partial charge >= 0.3 is 6.92 Å². The first-order valence-corrected chi connectivity index (χ1v) is 6.16. The summed E-state index contributed by atoms with van der Waals surface area (Å²) in [5.41, 5.74) is 2.98. The van der Waals surface area contributed by atoms with Crippen molar-refractivity contribution in [2.75, 3.05) is 0 Å². The highest BCUT2D eigenvalue weighted by atomic mass is 16.5. The van der Waals surface area contributed by atoms with Crippen LogP contribution in [0.4, 0.5) is 5.69 Å². The summed E-state index contributed by atoms with van der Waals surface area (Å²) >= 11 is 0. The zero-order chi connectivity index (χ0) is 13.2. The third kappa shape index (κ3) is 2.33. The Bertz CT molecular complexity index is 663. The lowest BCUT2D eigenvalue weighted by atomic mass is 9.64. The molecule has 3 rings (SSSR count). The van der Waals surface area contributed by atoms with Gasteiger partial charge in [-0.05, 0) is 35.3 Å². The molecular weight excluding hydrogens is 237 g/mol. The molecule has 0 spiro atoms. The molecule has 0 fully saturated rings. The molecule has 1 aliphatic rings. The Morgan fingerprint density at radius 2 is 2.05 bits per heavy atom. The van der Waals surface area contributed by atoms with Crippen molar-refractivity contribution >= 4 is 18.1 Å². The summed E-state index contributed by atoms with van der Waals surface area (Å²) in [6, 6.07) is 13.2. The molecule has 0 saturated heterocycles. The third-order valence-corrected chi connectivity index (χ3v) is 3.23. The molecule has 0 bridgehead atoms. The van der Waals surface area contributed by atoms with E-state index in [9.17, 15) is 0 Å². The van der Waals surface area contributed by atoms with E-state index in [0.29, 0.717) is 18.0 Å². The molecule has 0 amide bonds. The zero-order valence-corrected chi connectivity index (χ0v) is 10.6. The van der Waals surface area contributed by atoms with E-state index in [2.05, 4.69) is 4.85 Å². The Morgan fingerprint density at radius 1 is 1.21 bits per heavy atom. The largest absolute Gasteiger partial charge is 0.459 e. The minimum Gasteiger partial charge on any atom is -0.459 e. The van der Waals surface area contributed by atoms with Gasteiger partial charge in [0.25, 0.3) is 0 Å². The summed E-state index contributed by atoms with van der Waals surface area (Å²) in [5, 5.41) is 0. The maximum absolute atomic E-state index is 7.00. The molecule has 1 heterocycles. The number of rotatable bonds is 2. The predicted molar refractivity (Wildman–Crippen MR) is 75.3 cm³/mol. The molecule has 19 heavy (non-hydrogen) atoms. The molecule has 4 heteroatoms. The quantitative estimate of drug-likeness (QED) is 0.601. The first kappa shape index (κ1) is 11.8. The molecule has 2 aromatic carbocycles. The minimum atomic E-state index is 0.119. The third-order valence-electron chi connectivity index (χ3n) is 3.23. The number of fused-ring (bicyclic) bond motifs is 1. The van der Waals surface area contributed by atoms with Crippen LogP contribution in [0.15, 0.2) is 42.5 Å². The SMILES string of the molecule is [C-]#[N+]c1cccc(Oc2ccc3c(c2)B(C)OC3)c1. The topological polar surface area (TPSA) is 22.8 Å². The fraction of sp³-hybridized carbons (Fsp3) is 0.133. The maximum Gasteiger partial charge on any atom is 0.324 e. The van der Waals surface area contributed by atoms with Gasteiger partial charge in [-0.1, -0.05) is 25.0 Å². The van der Waals surface area contributed by atoms with E-state index in [4.69, 9.17) is 16.0 Å². The van der Waals surface area contributed by atoms with E-state index >= 15 is 0 Å². The van der Waals surface area contributed by atoms with Gasteiger partial charge in [-0.25, -0.2) is 4.85 Å². The van der Waals surface area contributed by atoms with Gasteiger partial charge in [0.15, 0.2) is 5.69 Å². The molecule has 1 aliphatic heterocycles. The molecule has 0 radical (unpaired) electrons. The number of hydrogen-bond acceptors (Lipinski definition) is 2. The van der Waals surface area contributed by atoms with Gasteiger partial charge in [0.05, 0.1) is 13.2 Å². The molecule has 0 aliphatic carbocycles. The van der Waals surface area contributed by atoms with Crippen molar-refractivity contribution in [3.63, 3.8) is 0 Å². The van der Waals surface area contributed by atoms with E-state index in [0.717, 1.165) is 5.75 Å². The first-order chi connectivity index (χ1) is 9.26. The van der Waals surface area contributed by atoms with Crippen LogP contribution >= 0.6 is 0 Å². The van der Waals surface area contributed by atoms with Crippen molar-refractivity contribution in [3.8, 4) is 11.5 Å². The summed E-state index contributed by atoms with van der Waals surface area (Å²) in [6.07, 6.45) is 0. The van der Waals surface area contributed by atoms with Gasteiger partial charge in [0.1, 0.15) is 11.5 Å². The van der Waals surface area contributed by atoms with E-state index < -0.39 is 0 Å². The molecule has 92 valence electrons. The number of hydrogen-bond donors (Lipinski definition) is 0. The van der Waals surface area contributed by atoms with E-state index in [1.54, 1.807) is 12.1 Å². The van der Waals surface area contributed by atoms with Crippen LogP contribution in [-0.2, 0) is 11.3 Å². The summed E-state index contributed by atoms with van der Waals surface area (Å²) < 4.78 is 11.4. The lowest BCUT2D eigenvalue weighted by Gasteiger charge is -2.08. The van der Waals surface area contributed by atoms with E-state index in [1.807, 2.05) is 37.2 Å². The van der Waals surface area contributed by atoms with Crippen molar-refractivity contribution in [2.45, 2.75) is 13.4 Å². The Morgan fingerprint density at radius 3 is 2.89 bits per heavy atom. The summed E-state index contributed by atoms with van der Waals surface area (Å²) in [7, 11) is 0. The minimum absolute atomic E-state index is 0.119. The summed E-state index contributed by atoms with van der Waals surface area (Å²) in [6.45, 7) is 9.83. The summed E-state index contributed by atoms with van der Waals surface area (Å²) in [4.78, 5) is 3.39. The second-order valence-electron chi connectivity index (χ2n) is 4.53. The average Bonchev–Trinajstić information content (AvgIpc) is 2.80. The number of nitrogens with zero attached hydrogens (tertiary/aromatic N) is 1. The van der Waals surface area contributed by atoms with Crippen molar-refractivity contribution in [1.82, 2.24) is 0 Å². The lowest BCUT2D eigenvalue weighted by molar-refractivity contribution is 0.333. The van der Waals surface area contributed by atoms with Gasteiger partial charge in [-0.3, -0.25) is 0 Å². The molecule has 0 aromatic heterocycles. The zero-order valence-electron chi connectivity index (χ0n) is 10.6. The van der Waals surface area contributed by atoms with Crippen molar-refractivity contribution in [1.29, 1.82) is 0 Å². The fourth-order valence-corrected chi connectivity index (χ4v) is 2.20. The number of ether oxygens (including phenoxy) is 1. The molecule has 0 N–H and O–H groups in total. The van der Waals surface area contributed by atoms with Crippen molar-refractivity contribution in [3.05, 3.63) is 59.4 Å². The van der Waals surface area contributed by atoms with Crippen LogP contribution in [0, 0.1) is 6.57 Å². The van der Waals surface area contributed by atoms with Gasteiger partial charge in [0, 0.05) is 0 Å². The van der Waals surface area contributed by atoms with Gasteiger partial charge in [0.2, 0.25) is 0 Å². The maximum atomic E-state index is 7.00. The Hall–Kier alpha value is -2.25. The monoisotopic (exact) mass is 249 g/mol. The average molecular weight is 249 g/mol. The normalized spacial score (nSPS) is 12.9. The van der Waals surface area contributed by atoms with Gasteiger partial charge in [-0.2, -0.15) is 0 Å². The smallest absolute Gasteiger partial charge is 0.324 e. The highest BCUT2D eigenvalue weighted by Gasteiger charge is 2.23. The Labute approximate surface area is 112 Å². The summed E-state index contributed by atoms with van der Waals surface area (Å²) in [5.74, 6) is 1.46. The lowest BCUT2D eigenvalue weighted by Crippen LogP contribution is -2.24. The molecule has 0 saturated carbocycles. The van der Waals surface area contributed by atoms with Crippen molar-refractivity contribution < 1.29 is 9.39 Å². The van der Waals surface area contributed by atoms with Gasteiger partial charge < -0.3 is 9.39 Å². The van der Waals surface area contributed by atoms with Gasteiger partial charge in [-0.15, -0.1) is 0 Å². The van der Waals surface area contributed by atoms with Crippen LogP contribution in [0.1, 0.15) is 5.56 Å². The van der Waals surface area contributed by atoms with Crippen molar-refractivity contribution in [2.24, 2.45) is 0 Å². The molecule has 0 atom stereocenters. The Kier molecular flexibility index (Phi) is 2.98. The highest BCUT2D eigenvalue weighted by molar-refractivity contribution is 6.67. The second kappa shape index (κ2) is 4.79. The fourth-order valence-electron chi connectivity index (χ4n) is 2.20. The van der Waals surface area contributed by atoms with Crippen LogP contribution in [-0.4, -0.2) is 6.92 Å². The molecule has 3 nitrogen and oxygen atoms in total. The predicted octanol–water partition coefficient (Wildman–Crippen LogP) is 3.39. The standard InChI is InChI=1S/C15H12BNO2/c1-16-15-9-14(7-6-11(15)10-18-16)19-13-5-3-4-12(8-13)17-2/h3-9H,10H2,1H3. The van der Waals surface area contributed by atoms with Crippen LogP contribution in [0.5, 0.6) is 11.5 Å². The van der Waals surface area contributed by atoms with Crippen LogP contribution < -0.4 is 10.2 Å². The molecule has 0 unspecified atom stereocenters. The van der Waals surface area contributed by atoms with Crippen LogP contribution in [0.25, 0.3) is 4.85 Å². The van der Waals surface area contributed by atoms with Crippen LogP contribution in [0.2, 0.25) is 6.82 Å². The highest BCUT2D eigenvalue weighted by Crippen LogP contribution is 2.26. The molecule has 2 aromatic rings.